The van der Waals surface area contributed by atoms with Crippen LogP contribution in [0.1, 0.15) is 36.0 Å². The van der Waals surface area contributed by atoms with Crippen LogP contribution in [0.15, 0.2) is 91.0 Å². The quantitative estimate of drug-likeness (QED) is 0.702. The van der Waals surface area contributed by atoms with Gasteiger partial charge in [-0.3, -0.25) is 4.79 Å². The van der Waals surface area contributed by atoms with Gasteiger partial charge in [-0.15, -0.1) is 0 Å². The molecule has 1 atom stereocenters. The largest absolute Gasteiger partial charge is 0.369 e. The Bertz CT molecular complexity index is 773. The number of hydrogen-bond acceptors (Lipinski definition) is 1. The SMILES string of the molecule is CC[C@H](c1ccccc1)C(C(N)=O)(c1ccccc1)c1ccccc1. The lowest BCUT2D eigenvalue weighted by molar-refractivity contribution is -0.123. The first-order valence-corrected chi connectivity index (χ1v) is 8.67. The second-order valence-electron chi connectivity index (χ2n) is 6.28. The molecule has 0 spiro atoms. The monoisotopic (exact) mass is 329 g/mol. The molecule has 3 aromatic carbocycles. The van der Waals surface area contributed by atoms with Crippen LogP contribution in [0.25, 0.3) is 0 Å². The predicted molar refractivity (Wildman–Crippen MR) is 102 cm³/mol. The second kappa shape index (κ2) is 7.35. The minimum absolute atomic E-state index is 0.0454. The highest BCUT2D eigenvalue weighted by Gasteiger charge is 2.47. The normalized spacial score (nSPS) is 12.5. The molecule has 3 rings (SSSR count). The molecule has 0 aromatic heterocycles. The molecule has 0 bridgehead atoms. The molecule has 126 valence electrons. The molecule has 0 aliphatic carbocycles. The van der Waals surface area contributed by atoms with Gasteiger partial charge in [-0.1, -0.05) is 97.9 Å². The van der Waals surface area contributed by atoms with Crippen molar-refractivity contribution in [2.75, 3.05) is 0 Å². The number of rotatable bonds is 6. The molecular weight excluding hydrogens is 306 g/mol. The van der Waals surface area contributed by atoms with Crippen LogP contribution >= 0.6 is 0 Å². The second-order valence-corrected chi connectivity index (χ2v) is 6.28. The molecule has 2 heteroatoms. The Labute approximate surface area is 149 Å². The number of primary amides is 1. The number of amides is 1. The van der Waals surface area contributed by atoms with E-state index in [9.17, 15) is 4.79 Å². The van der Waals surface area contributed by atoms with E-state index < -0.39 is 5.41 Å². The van der Waals surface area contributed by atoms with Gasteiger partial charge in [0.1, 0.15) is 5.41 Å². The van der Waals surface area contributed by atoms with Gasteiger partial charge in [-0.25, -0.2) is 0 Å². The van der Waals surface area contributed by atoms with Gasteiger partial charge in [-0.2, -0.15) is 0 Å². The van der Waals surface area contributed by atoms with Crippen LogP contribution in [0.2, 0.25) is 0 Å². The van der Waals surface area contributed by atoms with Crippen molar-refractivity contribution in [3.63, 3.8) is 0 Å². The Hall–Kier alpha value is -2.87. The first-order chi connectivity index (χ1) is 12.2. The van der Waals surface area contributed by atoms with Crippen LogP contribution in [0, 0.1) is 0 Å². The third-order valence-electron chi connectivity index (χ3n) is 4.98. The molecule has 2 nitrogen and oxygen atoms in total. The van der Waals surface area contributed by atoms with Crippen molar-refractivity contribution < 1.29 is 4.79 Å². The standard InChI is InChI=1S/C23H23NO/c1-2-21(18-12-6-3-7-13-18)23(22(24)25,19-14-8-4-9-15-19)20-16-10-5-11-17-20/h3-17,21H,2H2,1H3,(H2,24,25)/t21-/m1/s1. The molecule has 3 aromatic rings. The number of nitrogens with two attached hydrogens (primary N) is 1. The summed E-state index contributed by atoms with van der Waals surface area (Å²) >= 11 is 0. The maximum Gasteiger partial charge on any atom is 0.233 e. The van der Waals surface area contributed by atoms with Crippen LogP contribution in [0.4, 0.5) is 0 Å². The molecule has 0 fully saturated rings. The lowest BCUT2D eigenvalue weighted by atomic mass is 9.62. The van der Waals surface area contributed by atoms with Gasteiger partial charge in [0.15, 0.2) is 0 Å². The van der Waals surface area contributed by atoms with Gasteiger partial charge in [0.25, 0.3) is 0 Å². The Morgan fingerprint density at radius 3 is 1.56 bits per heavy atom. The fourth-order valence-corrected chi connectivity index (χ4v) is 3.90. The Balaban J connectivity index is 2.33. The highest BCUT2D eigenvalue weighted by molar-refractivity contribution is 5.92. The number of benzene rings is 3. The van der Waals surface area contributed by atoms with Crippen molar-refractivity contribution in [1.82, 2.24) is 0 Å². The zero-order chi connectivity index (χ0) is 17.7. The molecule has 0 heterocycles. The van der Waals surface area contributed by atoms with Gasteiger partial charge in [-0.05, 0) is 23.1 Å². The molecule has 0 unspecified atom stereocenters. The van der Waals surface area contributed by atoms with Gasteiger partial charge in [0, 0.05) is 5.92 Å². The van der Waals surface area contributed by atoms with Crippen molar-refractivity contribution >= 4 is 5.91 Å². The molecule has 0 saturated carbocycles. The maximum absolute atomic E-state index is 13.0. The van der Waals surface area contributed by atoms with Crippen LogP contribution in [-0.2, 0) is 10.2 Å². The van der Waals surface area contributed by atoms with Crippen molar-refractivity contribution in [2.24, 2.45) is 5.73 Å². The Kier molecular flexibility index (Phi) is 4.99. The summed E-state index contributed by atoms with van der Waals surface area (Å²) in [5, 5.41) is 0. The van der Waals surface area contributed by atoms with Crippen molar-refractivity contribution in [3.8, 4) is 0 Å². The zero-order valence-corrected chi connectivity index (χ0v) is 14.4. The van der Waals surface area contributed by atoms with E-state index in [1.807, 2.05) is 78.9 Å². The lowest BCUT2D eigenvalue weighted by Gasteiger charge is -2.39. The molecule has 0 saturated heterocycles. The topological polar surface area (TPSA) is 43.1 Å². The number of hydrogen-bond donors (Lipinski definition) is 1. The van der Waals surface area contributed by atoms with Crippen molar-refractivity contribution in [1.29, 1.82) is 0 Å². The van der Waals surface area contributed by atoms with E-state index in [1.165, 1.54) is 0 Å². The molecule has 2 N–H and O–H groups in total. The third kappa shape index (κ3) is 2.96. The predicted octanol–water partition coefficient (Wildman–Crippen LogP) is 4.65. The zero-order valence-electron chi connectivity index (χ0n) is 14.4. The maximum atomic E-state index is 13.0. The minimum atomic E-state index is -0.904. The molecule has 0 aliphatic heterocycles. The van der Waals surface area contributed by atoms with Crippen LogP contribution < -0.4 is 5.73 Å². The van der Waals surface area contributed by atoms with Crippen molar-refractivity contribution in [2.45, 2.75) is 24.7 Å². The molecule has 0 aliphatic rings. The lowest BCUT2D eigenvalue weighted by Crippen LogP contribution is -2.47. The van der Waals surface area contributed by atoms with Crippen molar-refractivity contribution in [3.05, 3.63) is 108 Å². The summed E-state index contributed by atoms with van der Waals surface area (Å²) in [7, 11) is 0. The Morgan fingerprint density at radius 1 is 0.800 bits per heavy atom. The fourth-order valence-electron chi connectivity index (χ4n) is 3.90. The highest BCUT2D eigenvalue weighted by Crippen LogP contribution is 2.46. The van der Waals surface area contributed by atoms with Gasteiger partial charge < -0.3 is 5.73 Å². The van der Waals surface area contributed by atoms with E-state index >= 15 is 0 Å². The first-order valence-electron chi connectivity index (χ1n) is 8.67. The summed E-state index contributed by atoms with van der Waals surface area (Å²) in [6, 6.07) is 30.0. The summed E-state index contributed by atoms with van der Waals surface area (Å²) < 4.78 is 0. The first kappa shape index (κ1) is 17.0. The molecule has 1 amide bonds. The third-order valence-corrected chi connectivity index (χ3v) is 4.98. The van der Waals surface area contributed by atoms with Gasteiger partial charge >= 0.3 is 0 Å². The van der Waals surface area contributed by atoms with E-state index in [-0.39, 0.29) is 11.8 Å². The Morgan fingerprint density at radius 2 is 1.20 bits per heavy atom. The smallest absolute Gasteiger partial charge is 0.233 e. The van der Waals surface area contributed by atoms with Gasteiger partial charge in [0.2, 0.25) is 5.91 Å². The molecule has 0 radical (unpaired) electrons. The summed E-state index contributed by atoms with van der Waals surface area (Å²) in [6.07, 6.45) is 0.802. The summed E-state index contributed by atoms with van der Waals surface area (Å²) in [4.78, 5) is 13.0. The van der Waals surface area contributed by atoms with E-state index in [4.69, 9.17) is 5.73 Å². The van der Waals surface area contributed by atoms with Crippen LogP contribution in [0.3, 0.4) is 0 Å². The van der Waals surface area contributed by atoms with E-state index in [0.29, 0.717) is 0 Å². The van der Waals surface area contributed by atoms with E-state index in [1.54, 1.807) is 0 Å². The highest BCUT2D eigenvalue weighted by atomic mass is 16.1. The van der Waals surface area contributed by atoms with Gasteiger partial charge in [0.05, 0.1) is 0 Å². The summed E-state index contributed by atoms with van der Waals surface area (Å²) in [5.74, 6) is -0.364. The van der Waals surface area contributed by atoms with Crippen LogP contribution in [-0.4, -0.2) is 5.91 Å². The summed E-state index contributed by atoms with van der Waals surface area (Å²) in [5.41, 5.74) is 8.20. The minimum Gasteiger partial charge on any atom is -0.369 e. The molecular formula is C23H23NO. The molecule has 25 heavy (non-hydrogen) atoms. The number of carbonyl (C=O) groups excluding carboxylic acids is 1. The average molecular weight is 329 g/mol. The fraction of sp³-hybridized carbons (Fsp3) is 0.174. The number of carbonyl (C=O) groups is 1. The summed E-state index contributed by atoms with van der Waals surface area (Å²) in [6.45, 7) is 2.11. The van der Waals surface area contributed by atoms with E-state index in [2.05, 4.69) is 19.1 Å². The van der Waals surface area contributed by atoms with E-state index in [0.717, 1.165) is 23.1 Å². The van der Waals surface area contributed by atoms with Crippen LogP contribution in [0.5, 0.6) is 0 Å². The average Bonchev–Trinajstić information content (AvgIpc) is 2.68.